The number of hydrogen-bond acceptors (Lipinski definition) is 3. The van der Waals surface area contributed by atoms with Crippen molar-refractivity contribution in [1.82, 2.24) is 10.2 Å². The van der Waals surface area contributed by atoms with Crippen LogP contribution in [0.2, 0.25) is 0 Å². The topological polar surface area (TPSA) is 37.8 Å². The number of anilines is 1. The van der Waals surface area contributed by atoms with Crippen LogP contribution < -0.4 is 5.32 Å². The minimum absolute atomic E-state index is 0.839. The van der Waals surface area contributed by atoms with Crippen LogP contribution in [-0.2, 0) is 0 Å². The number of hydrogen-bond donors (Lipinski definition) is 1. The summed E-state index contributed by atoms with van der Waals surface area (Å²) in [6.07, 6.45) is 0. The van der Waals surface area contributed by atoms with Crippen molar-refractivity contribution in [1.29, 1.82) is 0 Å². The first-order chi connectivity index (χ1) is 9.72. The van der Waals surface area contributed by atoms with E-state index in [0.29, 0.717) is 0 Å². The molecule has 0 spiro atoms. The van der Waals surface area contributed by atoms with E-state index < -0.39 is 0 Å². The molecular weight excluding hydrogens is 246 g/mol. The molecule has 1 N–H and O–H groups in total. The third kappa shape index (κ3) is 1.92. The van der Waals surface area contributed by atoms with Gasteiger partial charge in [0, 0.05) is 12.6 Å². The lowest BCUT2D eigenvalue weighted by atomic mass is 9.98. The van der Waals surface area contributed by atoms with Gasteiger partial charge in [0.1, 0.15) is 0 Å². The van der Waals surface area contributed by atoms with Gasteiger partial charge in [-0.2, -0.15) is 0 Å². The van der Waals surface area contributed by atoms with E-state index in [1.54, 1.807) is 0 Å². The summed E-state index contributed by atoms with van der Waals surface area (Å²) in [7, 11) is 1.87. The number of aromatic nitrogens is 2. The van der Waals surface area contributed by atoms with Crippen molar-refractivity contribution in [3.63, 3.8) is 0 Å². The predicted octanol–water partition coefficient (Wildman–Crippen LogP) is 3.96. The van der Waals surface area contributed by atoms with Crippen molar-refractivity contribution in [2.45, 2.75) is 13.8 Å². The molecule has 100 valence electrons. The number of rotatable bonds is 2. The van der Waals surface area contributed by atoms with E-state index in [9.17, 15) is 0 Å². The zero-order chi connectivity index (χ0) is 14.1. The highest BCUT2D eigenvalue weighted by Gasteiger charge is 2.12. The van der Waals surface area contributed by atoms with E-state index >= 15 is 0 Å². The first kappa shape index (κ1) is 12.6. The fourth-order valence-electron chi connectivity index (χ4n) is 2.53. The van der Waals surface area contributed by atoms with Crippen LogP contribution in [0.4, 0.5) is 5.82 Å². The second-order valence-corrected chi connectivity index (χ2v) is 4.92. The molecule has 0 aliphatic heterocycles. The van der Waals surface area contributed by atoms with Gasteiger partial charge in [-0.3, -0.25) is 0 Å². The Labute approximate surface area is 118 Å². The largest absolute Gasteiger partial charge is 0.371 e. The third-order valence-electron chi connectivity index (χ3n) is 3.80. The molecule has 1 aromatic heterocycles. The fourth-order valence-corrected chi connectivity index (χ4v) is 2.53. The summed E-state index contributed by atoms with van der Waals surface area (Å²) in [6, 6.07) is 14.7. The first-order valence-electron chi connectivity index (χ1n) is 6.72. The van der Waals surface area contributed by atoms with E-state index in [4.69, 9.17) is 0 Å². The van der Waals surface area contributed by atoms with E-state index in [-0.39, 0.29) is 0 Å². The molecule has 0 unspecified atom stereocenters. The second-order valence-electron chi connectivity index (χ2n) is 4.92. The highest BCUT2D eigenvalue weighted by atomic mass is 15.2. The van der Waals surface area contributed by atoms with Gasteiger partial charge in [0.05, 0.1) is 5.69 Å². The van der Waals surface area contributed by atoms with Gasteiger partial charge >= 0.3 is 0 Å². The van der Waals surface area contributed by atoms with Crippen molar-refractivity contribution in [2.24, 2.45) is 0 Å². The third-order valence-corrected chi connectivity index (χ3v) is 3.80. The molecular formula is C17H17N3. The predicted molar refractivity (Wildman–Crippen MR) is 84.0 cm³/mol. The summed E-state index contributed by atoms with van der Waals surface area (Å²) < 4.78 is 0. The summed E-state index contributed by atoms with van der Waals surface area (Å²) in [5.74, 6) is 0.839. The van der Waals surface area contributed by atoms with Gasteiger partial charge in [0.15, 0.2) is 5.82 Å². The molecule has 20 heavy (non-hydrogen) atoms. The van der Waals surface area contributed by atoms with Crippen molar-refractivity contribution in [3.8, 4) is 11.3 Å². The average molecular weight is 263 g/mol. The van der Waals surface area contributed by atoms with Crippen molar-refractivity contribution >= 4 is 16.6 Å². The second kappa shape index (κ2) is 4.93. The number of fused-ring (bicyclic) bond motifs is 1. The van der Waals surface area contributed by atoms with E-state index in [2.05, 4.69) is 71.8 Å². The van der Waals surface area contributed by atoms with Gasteiger partial charge in [0.2, 0.25) is 0 Å². The Kier molecular flexibility index (Phi) is 3.11. The Hall–Kier alpha value is -2.42. The van der Waals surface area contributed by atoms with Crippen LogP contribution in [0.5, 0.6) is 0 Å². The van der Waals surface area contributed by atoms with Crippen LogP contribution in [0, 0.1) is 13.8 Å². The quantitative estimate of drug-likeness (QED) is 0.760. The minimum atomic E-state index is 0.839. The maximum atomic E-state index is 4.42. The smallest absolute Gasteiger partial charge is 0.151 e. The van der Waals surface area contributed by atoms with Crippen molar-refractivity contribution < 1.29 is 0 Å². The van der Waals surface area contributed by atoms with Crippen LogP contribution in [0.15, 0.2) is 42.5 Å². The molecule has 0 bridgehead atoms. The summed E-state index contributed by atoms with van der Waals surface area (Å²) >= 11 is 0. The lowest BCUT2D eigenvalue weighted by molar-refractivity contribution is 1.01. The molecule has 0 amide bonds. The highest BCUT2D eigenvalue weighted by molar-refractivity contribution is 5.96. The van der Waals surface area contributed by atoms with Crippen LogP contribution in [-0.4, -0.2) is 17.2 Å². The molecule has 3 nitrogen and oxygen atoms in total. The number of nitrogens with zero attached hydrogens (tertiary/aromatic N) is 2. The zero-order valence-electron chi connectivity index (χ0n) is 11.9. The van der Waals surface area contributed by atoms with E-state index in [1.807, 2.05) is 7.05 Å². The van der Waals surface area contributed by atoms with Crippen LogP contribution in [0.25, 0.3) is 22.0 Å². The van der Waals surface area contributed by atoms with Crippen molar-refractivity contribution in [3.05, 3.63) is 53.6 Å². The molecule has 0 saturated heterocycles. The number of benzene rings is 2. The molecule has 3 heteroatoms. The fraction of sp³-hybridized carbons (Fsp3) is 0.176. The van der Waals surface area contributed by atoms with E-state index in [0.717, 1.165) is 22.6 Å². The summed E-state index contributed by atoms with van der Waals surface area (Å²) in [5.41, 5.74) is 4.41. The Morgan fingerprint density at radius 3 is 2.40 bits per heavy atom. The van der Waals surface area contributed by atoms with Gasteiger partial charge in [-0.1, -0.05) is 42.5 Å². The summed E-state index contributed by atoms with van der Waals surface area (Å²) in [5, 5.41) is 14.2. The maximum absolute atomic E-state index is 4.42. The average Bonchev–Trinajstić information content (AvgIpc) is 2.50. The Balaban J connectivity index is 2.29. The molecule has 0 atom stereocenters. The molecule has 2 aromatic carbocycles. The molecule has 0 saturated carbocycles. The van der Waals surface area contributed by atoms with Gasteiger partial charge < -0.3 is 5.32 Å². The lowest BCUT2D eigenvalue weighted by Crippen LogP contribution is -2.02. The first-order valence-corrected chi connectivity index (χ1v) is 6.72. The van der Waals surface area contributed by atoms with Crippen molar-refractivity contribution in [2.75, 3.05) is 12.4 Å². The molecule has 0 fully saturated rings. The van der Waals surface area contributed by atoms with Gasteiger partial charge in [-0.05, 0) is 35.7 Å². The van der Waals surface area contributed by atoms with Crippen LogP contribution in [0.1, 0.15) is 11.1 Å². The lowest BCUT2D eigenvalue weighted by Gasteiger charge is -2.12. The molecule has 0 radical (unpaired) electrons. The van der Waals surface area contributed by atoms with Crippen LogP contribution in [0.3, 0.4) is 0 Å². The highest BCUT2D eigenvalue weighted by Crippen LogP contribution is 2.31. The Morgan fingerprint density at radius 1 is 0.850 bits per heavy atom. The molecule has 0 aliphatic carbocycles. The minimum Gasteiger partial charge on any atom is -0.371 e. The Bertz CT molecular complexity index is 773. The molecule has 3 aromatic rings. The normalized spacial score (nSPS) is 10.8. The summed E-state index contributed by atoms with van der Waals surface area (Å²) in [6.45, 7) is 4.17. The van der Waals surface area contributed by atoms with Gasteiger partial charge in [0.25, 0.3) is 0 Å². The zero-order valence-corrected chi connectivity index (χ0v) is 11.9. The standard InChI is InChI=1S/C17H17N3/c1-11-12(2)17(18-3)20-19-16(11)15-10-6-8-13-7-4-5-9-14(13)15/h4-10H,1-3H3,(H,18,20). The maximum Gasteiger partial charge on any atom is 0.151 e. The number of nitrogens with one attached hydrogen (secondary N) is 1. The van der Waals surface area contributed by atoms with Gasteiger partial charge in [-0.25, -0.2) is 0 Å². The van der Waals surface area contributed by atoms with Gasteiger partial charge in [-0.15, -0.1) is 10.2 Å². The monoisotopic (exact) mass is 263 g/mol. The molecule has 0 aliphatic rings. The van der Waals surface area contributed by atoms with E-state index in [1.165, 1.54) is 16.3 Å². The van der Waals surface area contributed by atoms with Crippen LogP contribution >= 0.6 is 0 Å². The molecule has 1 heterocycles. The summed E-state index contributed by atoms with van der Waals surface area (Å²) in [4.78, 5) is 0. The molecule has 3 rings (SSSR count). The SMILES string of the molecule is CNc1nnc(-c2cccc3ccccc23)c(C)c1C. The Morgan fingerprint density at radius 2 is 1.60 bits per heavy atom.